The van der Waals surface area contributed by atoms with Crippen LogP contribution in [0.3, 0.4) is 0 Å². The van der Waals surface area contributed by atoms with Gasteiger partial charge in [-0.05, 0) is 29.8 Å². The normalized spacial score (nSPS) is 16.0. The number of aliphatic hydroxyl groups is 1. The highest BCUT2D eigenvalue weighted by atomic mass is 16.5. The minimum absolute atomic E-state index is 0.332. The Morgan fingerprint density at radius 1 is 0.929 bits per heavy atom. The van der Waals surface area contributed by atoms with E-state index in [1.807, 2.05) is 42.5 Å². The molecule has 28 heavy (non-hydrogen) atoms. The Bertz CT molecular complexity index is 715. The van der Waals surface area contributed by atoms with Gasteiger partial charge in [0.1, 0.15) is 11.5 Å². The summed E-state index contributed by atoms with van der Waals surface area (Å²) in [6.45, 7) is 5.10. The third kappa shape index (κ3) is 5.61. The highest BCUT2D eigenvalue weighted by Crippen LogP contribution is 2.28. The van der Waals surface area contributed by atoms with Gasteiger partial charge in [-0.3, -0.25) is 4.90 Å². The van der Waals surface area contributed by atoms with E-state index >= 15 is 0 Å². The van der Waals surface area contributed by atoms with Gasteiger partial charge in [-0.15, -0.1) is 0 Å². The van der Waals surface area contributed by atoms with E-state index in [0.29, 0.717) is 19.8 Å². The molecule has 0 amide bonds. The molecule has 1 aliphatic heterocycles. The Morgan fingerprint density at radius 2 is 1.64 bits per heavy atom. The second kappa shape index (κ2) is 10.3. The van der Waals surface area contributed by atoms with Gasteiger partial charge in [-0.2, -0.15) is 0 Å². The summed E-state index contributed by atoms with van der Waals surface area (Å²) >= 11 is 0. The molecule has 2 aromatic rings. The Hall–Kier alpha value is -2.28. The lowest BCUT2D eigenvalue weighted by Crippen LogP contribution is -2.49. The molecular weight excluding hydrogens is 356 g/mol. The summed E-state index contributed by atoms with van der Waals surface area (Å²) in [5, 5.41) is 10.3. The van der Waals surface area contributed by atoms with Crippen LogP contribution in [-0.4, -0.2) is 69.7 Å². The minimum Gasteiger partial charge on any atom is -0.497 e. The van der Waals surface area contributed by atoms with Crippen LogP contribution >= 0.6 is 0 Å². The lowest BCUT2D eigenvalue weighted by Gasteiger charge is -2.37. The van der Waals surface area contributed by atoms with E-state index in [4.69, 9.17) is 14.2 Å². The maximum absolute atomic E-state index is 10.3. The number of piperazine rings is 1. The van der Waals surface area contributed by atoms with Crippen molar-refractivity contribution in [3.05, 3.63) is 54.1 Å². The number of para-hydroxylation sites is 2. The monoisotopic (exact) mass is 386 g/mol. The molecular formula is C22H30N2O4. The van der Waals surface area contributed by atoms with Crippen LogP contribution in [0.25, 0.3) is 0 Å². The second-order valence-electron chi connectivity index (χ2n) is 6.98. The van der Waals surface area contributed by atoms with Gasteiger partial charge in [-0.1, -0.05) is 24.3 Å². The van der Waals surface area contributed by atoms with Crippen molar-refractivity contribution in [2.24, 2.45) is 0 Å². The molecule has 3 rings (SSSR count). The largest absolute Gasteiger partial charge is 0.497 e. The van der Waals surface area contributed by atoms with Gasteiger partial charge < -0.3 is 24.2 Å². The van der Waals surface area contributed by atoms with Crippen LogP contribution in [0, 0.1) is 0 Å². The number of benzene rings is 2. The lowest BCUT2D eigenvalue weighted by atomic mass is 10.2. The first-order valence-corrected chi connectivity index (χ1v) is 9.68. The first-order valence-electron chi connectivity index (χ1n) is 9.68. The number of hydrogen-bond acceptors (Lipinski definition) is 6. The van der Waals surface area contributed by atoms with Gasteiger partial charge in [0.25, 0.3) is 0 Å². The second-order valence-corrected chi connectivity index (χ2v) is 6.98. The molecule has 1 saturated heterocycles. The number of nitrogens with zero attached hydrogens (tertiary/aromatic N) is 2. The summed E-state index contributed by atoms with van der Waals surface area (Å²) in [6, 6.07) is 15.9. The third-order valence-electron chi connectivity index (χ3n) is 5.01. The molecule has 6 nitrogen and oxygen atoms in total. The van der Waals surface area contributed by atoms with Gasteiger partial charge in [0.05, 0.1) is 39.2 Å². The highest BCUT2D eigenvalue weighted by Gasteiger charge is 2.21. The number of methoxy groups -OCH3 is 2. The Kier molecular flexibility index (Phi) is 7.54. The molecule has 0 aliphatic carbocycles. The van der Waals surface area contributed by atoms with Crippen LogP contribution in [0.5, 0.6) is 11.5 Å². The van der Waals surface area contributed by atoms with Crippen LogP contribution < -0.4 is 14.4 Å². The van der Waals surface area contributed by atoms with Gasteiger partial charge in [0.2, 0.25) is 0 Å². The fourth-order valence-electron chi connectivity index (χ4n) is 3.45. The predicted octanol–water partition coefficient (Wildman–Crippen LogP) is 2.40. The SMILES string of the molecule is COc1ccc(COCC(O)CN2CCN(c3ccccc3OC)CC2)cc1. The molecule has 1 unspecified atom stereocenters. The van der Waals surface area contributed by atoms with Gasteiger partial charge in [0.15, 0.2) is 0 Å². The average Bonchev–Trinajstić information content (AvgIpc) is 2.75. The lowest BCUT2D eigenvalue weighted by molar-refractivity contribution is 0.00912. The van der Waals surface area contributed by atoms with E-state index < -0.39 is 6.10 Å². The van der Waals surface area contributed by atoms with Crippen LogP contribution in [0.2, 0.25) is 0 Å². The van der Waals surface area contributed by atoms with E-state index in [1.165, 1.54) is 0 Å². The molecule has 0 saturated carbocycles. The highest BCUT2D eigenvalue weighted by molar-refractivity contribution is 5.58. The summed E-state index contributed by atoms with van der Waals surface area (Å²) < 4.78 is 16.3. The molecule has 152 valence electrons. The first kappa shape index (κ1) is 20.5. The molecule has 1 heterocycles. The predicted molar refractivity (Wildman–Crippen MR) is 110 cm³/mol. The number of anilines is 1. The quantitative estimate of drug-likeness (QED) is 0.714. The summed E-state index contributed by atoms with van der Waals surface area (Å²) in [7, 11) is 3.36. The van der Waals surface area contributed by atoms with Gasteiger partial charge in [-0.25, -0.2) is 0 Å². The Morgan fingerprint density at radius 3 is 2.32 bits per heavy atom. The van der Waals surface area contributed by atoms with Crippen LogP contribution in [0.1, 0.15) is 5.56 Å². The van der Waals surface area contributed by atoms with Crippen LogP contribution in [0.15, 0.2) is 48.5 Å². The molecule has 1 N–H and O–H groups in total. The molecule has 2 aromatic carbocycles. The molecule has 0 bridgehead atoms. The van der Waals surface area contributed by atoms with Crippen molar-refractivity contribution in [1.82, 2.24) is 4.90 Å². The van der Waals surface area contributed by atoms with E-state index in [0.717, 1.165) is 48.9 Å². The van der Waals surface area contributed by atoms with Crippen molar-refractivity contribution in [2.45, 2.75) is 12.7 Å². The molecule has 1 atom stereocenters. The van der Waals surface area contributed by atoms with Crippen LogP contribution in [-0.2, 0) is 11.3 Å². The van der Waals surface area contributed by atoms with Crippen molar-refractivity contribution in [2.75, 3.05) is 58.5 Å². The number of rotatable bonds is 9. The molecule has 6 heteroatoms. The van der Waals surface area contributed by atoms with Gasteiger partial charge >= 0.3 is 0 Å². The molecule has 0 aromatic heterocycles. The average molecular weight is 386 g/mol. The smallest absolute Gasteiger partial charge is 0.142 e. The Labute approximate surface area is 167 Å². The molecule has 0 radical (unpaired) electrons. The zero-order chi connectivity index (χ0) is 19.8. The first-order chi connectivity index (χ1) is 13.7. The molecule has 1 fully saturated rings. The topological polar surface area (TPSA) is 54.4 Å². The number of β-amino-alcohol motifs (C(OH)–C–C–N with tert-alkyl or cyclic N) is 1. The fourth-order valence-corrected chi connectivity index (χ4v) is 3.45. The van der Waals surface area contributed by atoms with E-state index in [2.05, 4.69) is 15.9 Å². The van der Waals surface area contributed by atoms with Crippen LogP contribution in [0.4, 0.5) is 5.69 Å². The fraction of sp³-hybridized carbons (Fsp3) is 0.455. The summed E-state index contributed by atoms with van der Waals surface area (Å²) in [6.07, 6.45) is -0.490. The zero-order valence-electron chi connectivity index (χ0n) is 16.7. The zero-order valence-corrected chi connectivity index (χ0v) is 16.7. The Balaban J connectivity index is 1.38. The molecule has 0 spiro atoms. The third-order valence-corrected chi connectivity index (χ3v) is 5.01. The summed E-state index contributed by atoms with van der Waals surface area (Å²) in [5.74, 6) is 1.74. The van der Waals surface area contributed by atoms with E-state index in [1.54, 1.807) is 14.2 Å². The van der Waals surface area contributed by atoms with Crippen molar-refractivity contribution in [3.8, 4) is 11.5 Å². The number of aliphatic hydroxyl groups excluding tert-OH is 1. The van der Waals surface area contributed by atoms with E-state index in [9.17, 15) is 5.11 Å². The standard InChI is InChI=1S/C22H30N2O4/c1-26-20-9-7-18(8-10-20)16-28-17-19(25)15-23-11-13-24(14-12-23)21-5-3-4-6-22(21)27-2/h3-10,19,25H,11-17H2,1-2H3. The summed E-state index contributed by atoms with van der Waals surface area (Å²) in [5.41, 5.74) is 2.20. The van der Waals surface area contributed by atoms with Crippen molar-refractivity contribution >= 4 is 5.69 Å². The van der Waals surface area contributed by atoms with Gasteiger partial charge in [0, 0.05) is 32.7 Å². The molecule has 1 aliphatic rings. The van der Waals surface area contributed by atoms with E-state index in [-0.39, 0.29) is 0 Å². The maximum atomic E-state index is 10.3. The maximum Gasteiger partial charge on any atom is 0.142 e. The number of hydrogen-bond donors (Lipinski definition) is 1. The number of ether oxygens (including phenoxy) is 3. The van der Waals surface area contributed by atoms with Crippen molar-refractivity contribution < 1.29 is 19.3 Å². The minimum atomic E-state index is -0.490. The van der Waals surface area contributed by atoms with Crippen molar-refractivity contribution in [3.63, 3.8) is 0 Å². The van der Waals surface area contributed by atoms with Crippen molar-refractivity contribution in [1.29, 1.82) is 0 Å². The summed E-state index contributed by atoms with van der Waals surface area (Å²) in [4.78, 5) is 4.62.